The van der Waals surface area contributed by atoms with Crippen LogP contribution in [0.25, 0.3) is 0 Å². The third-order valence-corrected chi connectivity index (χ3v) is 6.16. The molecule has 0 unspecified atom stereocenters. The number of nitrogens with zero attached hydrogens (tertiary/aromatic N) is 5. The first-order valence-corrected chi connectivity index (χ1v) is 10.1. The van der Waals surface area contributed by atoms with Crippen molar-refractivity contribution in [3.05, 3.63) is 23.9 Å². The van der Waals surface area contributed by atoms with Crippen LogP contribution in [0, 0.1) is 5.41 Å². The van der Waals surface area contributed by atoms with Crippen LogP contribution in [-0.4, -0.2) is 86.5 Å². The van der Waals surface area contributed by atoms with E-state index in [0.717, 1.165) is 57.9 Å². The van der Waals surface area contributed by atoms with Crippen molar-refractivity contribution in [1.82, 2.24) is 19.7 Å². The highest BCUT2D eigenvalue weighted by Crippen LogP contribution is 2.40. The molecule has 0 N–H and O–H groups in total. The number of amides is 1. The molecule has 0 atom stereocenters. The molecule has 0 radical (unpaired) electrons. The zero-order valence-corrected chi connectivity index (χ0v) is 17.4. The van der Waals surface area contributed by atoms with Crippen LogP contribution in [0.2, 0.25) is 0 Å². The molecule has 2 fully saturated rings. The first-order valence-electron chi connectivity index (χ1n) is 10.1. The normalized spacial score (nSPS) is 20.5. The van der Waals surface area contributed by atoms with E-state index >= 15 is 0 Å². The summed E-state index contributed by atoms with van der Waals surface area (Å²) in [6.45, 7) is 5.97. The lowest BCUT2D eigenvalue weighted by atomic mass is 9.72. The van der Waals surface area contributed by atoms with Crippen molar-refractivity contribution < 1.29 is 4.79 Å². The number of carbonyl (C=O) groups is 1. The monoisotopic (exact) mass is 373 g/mol. The summed E-state index contributed by atoms with van der Waals surface area (Å²) in [6, 6.07) is 4.28. The van der Waals surface area contributed by atoms with Gasteiger partial charge in [0, 0.05) is 52.9 Å². The number of likely N-dealkylation sites (tertiary alicyclic amines) is 2. The molecule has 2 aliphatic rings. The minimum absolute atomic E-state index is 0.337. The Morgan fingerprint density at radius 2 is 1.85 bits per heavy atom. The van der Waals surface area contributed by atoms with Crippen LogP contribution in [0.3, 0.4) is 0 Å². The Labute approximate surface area is 164 Å². The van der Waals surface area contributed by atoms with Gasteiger partial charge in [0.15, 0.2) is 0 Å². The Morgan fingerprint density at radius 3 is 2.44 bits per heavy atom. The maximum absolute atomic E-state index is 12.3. The third kappa shape index (κ3) is 5.20. The maximum Gasteiger partial charge on any atom is 0.222 e. The highest BCUT2D eigenvalue weighted by molar-refractivity contribution is 5.77. The molecule has 0 saturated carbocycles. The zero-order valence-electron chi connectivity index (χ0n) is 17.4. The minimum atomic E-state index is 0.337. The van der Waals surface area contributed by atoms with Crippen LogP contribution in [-0.2, 0) is 11.3 Å². The van der Waals surface area contributed by atoms with Gasteiger partial charge < -0.3 is 14.7 Å². The van der Waals surface area contributed by atoms with Gasteiger partial charge in [0.05, 0.1) is 0 Å². The quantitative estimate of drug-likeness (QED) is 0.762. The largest absolute Gasteiger partial charge is 0.363 e. The summed E-state index contributed by atoms with van der Waals surface area (Å²) in [5.74, 6) is 1.35. The molecule has 27 heavy (non-hydrogen) atoms. The van der Waals surface area contributed by atoms with Crippen LogP contribution < -0.4 is 4.90 Å². The Balaban J connectivity index is 1.52. The van der Waals surface area contributed by atoms with Crippen LogP contribution in [0.5, 0.6) is 0 Å². The number of rotatable bonds is 6. The highest BCUT2D eigenvalue weighted by Gasteiger charge is 2.40. The van der Waals surface area contributed by atoms with Gasteiger partial charge in [0.2, 0.25) is 5.91 Å². The molecule has 6 nitrogen and oxygen atoms in total. The molecule has 1 aromatic rings. The molecule has 1 aromatic heterocycles. The van der Waals surface area contributed by atoms with Crippen LogP contribution >= 0.6 is 0 Å². The first kappa shape index (κ1) is 20.1. The number of aromatic nitrogens is 1. The average molecular weight is 374 g/mol. The summed E-state index contributed by atoms with van der Waals surface area (Å²) >= 11 is 0. The van der Waals surface area contributed by atoms with Gasteiger partial charge in [-0.05, 0) is 63.5 Å². The number of anilines is 1. The SMILES string of the molecule is CN(C)CCN1CC2(CCC1=O)CCN(Cc1ccc(N(C)C)nc1)CC2. The van der Waals surface area contributed by atoms with Gasteiger partial charge in [0.25, 0.3) is 0 Å². The molecule has 0 bridgehead atoms. The fourth-order valence-corrected chi connectivity index (χ4v) is 4.25. The summed E-state index contributed by atoms with van der Waals surface area (Å²) in [5.41, 5.74) is 1.62. The van der Waals surface area contributed by atoms with E-state index < -0.39 is 0 Å². The number of piperidine rings is 2. The lowest BCUT2D eigenvalue weighted by Gasteiger charge is -2.47. The lowest BCUT2D eigenvalue weighted by molar-refractivity contribution is -0.139. The molecule has 3 heterocycles. The van der Waals surface area contributed by atoms with Crippen molar-refractivity contribution in [2.24, 2.45) is 5.41 Å². The Kier molecular flexibility index (Phi) is 6.37. The van der Waals surface area contributed by atoms with Crippen molar-refractivity contribution >= 4 is 11.7 Å². The second-order valence-corrected chi connectivity index (χ2v) is 8.81. The van der Waals surface area contributed by atoms with Crippen molar-refractivity contribution in [3.63, 3.8) is 0 Å². The second kappa shape index (κ2) is 8.57. The van der Waals surface area contributed by atoms with E-state index in [1.807, 2.05) is 25.2 Å². The van der Waals surface area contributed by atoms with Crippen LogP contribution in [0.4, 0.5) is 5.82 Å². The van der Waals surface area contributed by atoms with Gasteiger partial charge in [-0.1, -0.05) is 6.07 Å². The number of carbonyl (C=O) groups excluding carboxylic acids is 1. The predicted molar refractivity (Wildman–Crippen MR) is 110 cm³/mol. The van der Waals surface area contributed by atoms with Gasteiger partial charge in [-0.3, -0.25) is 9.69 Å². The first-order chi connectivity index (χ1) is 12.9. The van der Waals surface area contributed by atoms with Crippen LogP contribution in [0.1, 0.15) is 31.2 Å². The molecule has 2 aliphatic heterocycles. The van der Waals surface area contributed by atoms with Gasteiger partial charge in [0.1, 0.15) is 5.82 Å². The van der Waals surface area contributed by atoms with E-state index in [-0.39, 0.29) is 0 Å². The number of likely N-dealkylation sites (N-methyl/N-ethyl adjacent to an activating group) is 1. The van der Waals surface area contributed by atoms with Crippen molar-refractivity contribution in [2.75, 3.05) is 65.8 Å². The van der Waals surface area contributed by atoms with Gasteiger partial charge in [-0.15, -0.1) is 0 Å². The van der Waals surface area contributed by atoms with Crippen molar-refractivity contribution in [2.45, 2.75) is 32.2 Å². The van der Waals surface area contributed by atoms with E-state index in [1.165, 1.54) is 18.4 Å². The van der Waals surface area contributed by atoms with E-state index in [0.29, 0.717) is 11.3 Å². The molecule has 6 heteroatoms. The average Bonchev–Trinajstić information content (AvgIpc) is 2.65. The zero-order chi connectivity index (χ0) is 19.4. The topological polar surface area (TPSA) is 42.9 Å². The molecule has 150 valence electrons. The Bertz CT molecular complexity index is 620. The maximum atomic E-state index is 12.3. The summed E-state index contributed by atoms with van der Waals surface area (Å²) < 4.78 is 0. The van der Waals surface area contributed by atoms with E-state index in [9.17, 15) is 4.79 Å². The van der Waals surface area contributed by atoms with Crippen LogP contribution in [0.15, 0.2) is 18.3 Å². The fourth-order valence-electron chi connectivity index (χ4n) is 4.25. The summed E-state index contributed by atoms with van der Waals surface area (Å²) in [7, 11) is 8.18. The predicted octanol–water partition coefficient (Wildman–Crippen LogP) is 1.91. The second-order valence-electron chi connectivity index (χ2n) is 8.81. The van der Waals surface area contributed by atoms with E-state index in [2.05, 4.69) is 45.9 Å². The van der Waals surface area contributed by atoms with E-state index in [4.69, 9.17) is 0 Å². The number of hydrogen-bond donors (Lipinski definition) is 0. The molecule has 0 aliphatic carbocycles. The molecule has 1 spiro atoms. The smallest absolute Gasteiger partial charge is 0.222 e. The molecule has 0 aromatic carbocycles. The summed E-state index contributed by atoms with van der Waals surface area (Å²) in [5, 5.41) is 0. The number of pyridine rings is 1. The van der Waals surface area contributed by atoms with Gasteiger partial charge in [-0.2, -0.15) is 0 Å². The fraction of sp³-hybridized carbons (Fsp3) is 0.714. The number of hydrogen-bond acceptors (Lipinski definition) is 5. The third-order valence-electron chi connectivity index (χ3n) is 6.16. The van der Waals surface area contributed by atoms with Crippen molar-refractivity contribution in [3.8, 4) is 0 Å². The molecule has 1 amide bonds. The molecular weight excluding hydrogens is 338 g/mol. The minimum Gasteiger partial charge on any atom is -0.363 e. The molecular formula is C21H35N5O. The van der Waals surface area contributed by atoms with Gasteiger partial charge in [-0.25, -0.2) is 4.98 Å². The van der Waals surface area contributed by atoms with E-state index in [1.54, 1.807) is 0 Å². The summed E-state index contributed by atoms with van der Waals surface area (Å²) in [6.07, 6.45) is 6.19. The van der Waals surface area contributed by atoms with Gasteiger partial charge >= 0.3 is 0 Å². The lowest BCUT2D eigenvalue weighted by Crippen LogP contribution is -2.52. The van der Waals surface area contributed by atoms with Crippen molar-refractivity contribution in [1.29, 1.82) is 0 Å². The molecule has 3 rings (SSSR count). The standard InChI is InChI=1S/C21H35N5O/c1-23(2)13-14-26-17-21(8-7-20(26)27)9-11-25(12-10-21)16-18-5-6-19(22-15-18)24(3)4/h5-6,15H,7-14,16-17H2,1-4H3. The molecule has 2 saturated heterocycles. The Hall–Kier alpha value is -1.66. The summed E-state index contributed by atoms with van der Waals surface area (Å²) in [4.78, 5) is 25.7. The highest BCUT2D eigenvalue weighted by atomic mass is 16.2. The Morgan fingerprint density at radius 1 is 1.11 bits per heavy atom.